The maximum absolute atomic E-state index is 13.5. The van der Waals surface area contributed by atoms with Gasteiger partial charge in [0.2, 0.25) is 11.8 Å². The Bertz CT molecular complexity index is 892. The van der Waals surface area contributed by atoms with Crippen LogP contribution in [0.25, 0.3) is 0 Å². The molecule has 2 aliphatic rings. The van der Waals surface area contributed by atoms with Crippen LogP contribution < -0.4 is 15.4 Å². The third-order valence-electron chi connectivity index (χ3n) is 5.05. The number of carbonyl (C=O) groups is 1. The maximum atomic E-state index is 13.5. The first-order valence-corrected chi connectivity index (χ1v) is 10.0. The van der Waals surface area contributed by atoms with E-state index in [9.17, 15) is 9.18 Å². The fourth-order valence-electron chi connectivity index (χ4n) is 3.38. The van der Waals surface area contributed by atoms with Crippen LogP contribution in [0, 0.1) is 5.82 Å². The highest BCUT2D eigenvalue weighted by molar-refractivity contribution is 6.30. The molecule has 1 fully saturated rings. The van der Waals surface area contributed by atoms with Gasteiger partial charge in [-0.2, -0.15) is 4.98 Å². The van der Waals surface area contributed by atoms with Crippen LogP contribution in [-0.4, -0.2) is 41.2 Å². The van der Waals surface area contributed by atoms with Crippen molar-refractivity contribution in [2.75, 3.05) is 18.5 Å². The molecule has 0 aliphatic carbocycles. The summed E-state index contributed by atoms with van der Waals surface area (Å²) in [4.78, 5) is 21.3. The lowest BCUT2D eigenvalue weighted by Gasteiger charge is -2.26. The predicted molar refractivity (Wildman–Crippen MR) is 105 cm³/mol. The van der Waals surface area contributed by atoms with E-state index in [0.29, 0.717) is 30.2 Å². The van der Waals surface area contributed by atoms with Crippen molar-refractivity contribution in [3.8, 4) is 5.88 Å². The number of aromatic nitrogens is 2. The topological polar surface area (TPSA) is 85.4 Å². The van der Waals surface area contributed by atoms with Gasteiger partial charge in [-0.25, -0.2) is 9.37 Å². The lowest BCUT2D eigenvalue weighted by Crippen LogP contribution is -2.40. The van der Waals surface area contributed by atoms with Gasteiger partial charge in [-0.05, 0) is 43.4 Å². The molecule has 3 heterocycles. The van der Waals surface area contributed by atoms with E-state index in [1.807, 2.05) is 0 Å². The number of carbonyl (C=O) groups excluding carboxylic acids is 1. The standard InChI is InChI=1S/C20H22ClFN4O3/c21-15-3-1-12(9-16(15)22)10-23-18(27)17-4-2-13-11-24-20(26-19(13)29-17)25-14-5-7-28-8-6-14/h1,3,9,11,14,17H,2,4-8,10H2,(H,23,27)(H,24,25,26). The van der Waals surface area contributed by atoms with Crippen LogP contribution in [0.4, 0.5) is 10.3 Å². The van der Waals surface area contributed by atoms with Crippen LogP contribution in [0.1, 0.15) is 30.4 Å². The van der Waals surface area contributed by atoms with Gasteiger partial charge in [0, 0.05) is 37.6 Å². The van der Waals surface area contributed by atoms with Crippen LogP contribution in [0.2, 0.25) is 5.02 Å². The van der Waals surface area contributed by atoms with E-state index in [1.54, 1.807) is 12.3 Å². The molecule has 1 atom stereocenters. The molecular weight excluding hydrogens is 399 g/mol. The van der Waals surface area contributed by atoms with Crippen LogP contribution in [0.3, 0.4) is 0 Å². The number of benzene rings is 1. The van der Waals surface area contributed by atoms with E-state index in [0.717, 1.165) is 31.6 Å². The second-order valence-corrected chi connectivity index (χ2v) is 7.57. The average molecular weight is 421 g/mol. The zero-order chi connectivity index (χ0) is 20.2. The zero-order valence-corrected chi connectivity index (χ0v) is 16.5. The molecule has 0 bridgehead atoms. The number of anilines is 1. The van der Waals surface area contributed by atoms with Gasteiger partial charge in [-0.1, -0.05) is 17.7 Å². The quantitative estimate of drug-likeness (QED) is 0.773. The molecule has 2 N–H and O–H groups in total. The number of hydrogen-bond donors (Lipinski definition) is 2. The summed E-state index contributed by atoms with van der Waals surface area (Å²) in [5, 5.41) is 6.14. The number of aryl methyl sites for hydroxylation is 1. The van der Waals surface area contributed by atoms with Gasteiger partial charge < -0.3 is 20.1 Å². The van der Waals surface area contributed by atoms with Crippen molar-refractivity contribution in [3.05, 3.63) is 46.4 Å². The van der Waals surface area contributed by atoms with Crippen molar-refractivity contribution < 1.29 is 18.7 Å². The Hall–Kier alpha value is -2.45. The molecule has 0 saturated carbocycles. The first kappa shape index (κ1) is 19.8. The van der Waals surface area contributed by atoms with Crippen LogP contribution >= 0.6 is 11.6 Å². The van der Waals surface area contributed by atoms with Crippen molar-refractivity contribution in [3.63, 3.8) is 0 Å². The minimum absolute atomic E-state index is 0.0529. The molecule has 2 aliphatic heterocycles. The molecule has 1 aromatic carbocycles. The Morgan fingerprint density at radius 1 is 1.28 bits per heavy atom. The smallest absolute Gasteiger partial charge is 0.261 e. The minimum atomic E-state index is -0.648. The number of hydrogen-bond acceptors (Lipinski definition) is 6. The summed E-state index contributed by atoms with van der Waals surface area (Å²) in [6.07, 6.45) is 4.08. The normalized spacial score (nSPS) is 19.2. The van der Waals surface area contributed by atoms with Crippen molar-refractivity contribution in [1.82, 2.24) is 15.3 Å². The zero-order valence-electron chi connectivity index (χ0n) is 15.8. The van der Waals surface area contributed by atoms with Crippen LogP contribution in [-0.2, 0) is 22.5 Å². The van der Waals surface area contributed by atoms with Gasteiger partial charge >= 0.3 is 0 Å². The summed E-state index contributed by atoms with van der Waals surface area (Å²) in [7, 11) is 0. The first-order chi connectivity index (χ1) is 14.1. The summed E-state index contributed by atoms with van der Waals surface area (Å²) in [5.41, 5.74) is 1.51. The van der Waals surface area contributed by atoms with Crippen molar-refractivity contribution in [1.29, 1.82) is 0 Å². The molecule has 7 nitrogen and oxygen atoms in total. The van der Waals surface area contributed by atoms with Crippen molar-refractivity contribution in [2.45, 2.75) is 44.4 Å². The Balaban J connectivity index is 1.35. The lowest BCUT2D eigenvalue weighted by atomic mass is 10.1. The fourth-order valence-corrected chi connectivity index (χ4v) is 3.49. The summed E-state index contributed by atoms with van der Waals surface area (Å²) in [6.45, 7) is 1.64. The maximum Gasteiger partial charge on any atom is 0.261 e. The van der Waals surface area contributed by atoms with Gasteiger partial charge in [0.05, 0.1) is 5.02 Å². The number of amides is 1. The molecule has 2 aromatic rings. The number of nitrogens with one attached hydrogen (secondary N) is 2. The average Bonchev–Trinajstić information content (AvgIpc) is 2.74. The SMILES string of the molecule is O=C(NCc1ccc(Cl)c(F)c1)C1CCc2cnc(NC3CCOCC3)nc2O1. The molecule has 1 amide bonds. The van der Waals surface area contributed by atoms with Gasteiger partial charge in [-0.15, -0.1) is 0 Å². The molecule has 0 spiro atoms. The highest BCUT2D eigenvalue weighted by atomic mass is 35.5. The monoisotopic (exact) mass is 420 g/mol. The fraction of sp³-hybridized carbons (Fsp3) is 0.450. The molecule has 154 valence electrons. The highest BCUT2D eigenvalue weighted by Crippen LogP contribution is 2.26. The van der Waals surface area contributed by atoms with Crippen LogP contribution in [0.5, 0.6) is 5.88 Å². The molecule has 29 heavy (non-hydrogen) atoms. The molecule has 1 aromatic heterocycles. The third-order valence-corrected chi connectivity index (χ3v) is 5.36. The molecule has 9 heteroatoms. The number of rotatable bonds is 5. The van der Waals surface area contributed by atoms with Crippen LogP contribution in [0.15, 0.2) is 24.4 Å². The van der Waals surface area contributed by atoms with Gasteiger partial charge in [0.25, 0.3) is 5.91 Å². The van der Waals surface area contributed by atoms with Gasteiger partial charge in [0.1, 0.15) is 5.82 Å². The summed E-state index contributed by atoms with van der Waals surface area (Å²) in [6, 6.07) is 4.71. The van der Waals surface area contributed by atoms with E-state index in [1.165, 1.54) is 12.1 Å². The first-order valence-electron chi connectivity index (χ1n) is 9.67. The molecule has 1 saturated heterocycles. The third kappa shape index (κ3) is 4.94. The van der Waals surface area contributed by atoms with E-state index < -0.39 is 11.9 Å². The Morgan fingerprint density at radius 2 is 2.10 bits per heavy atom. The Labute approximate surface area is 173 Å². The molecule has 4 rings (SSSR count). The highest BCUT2D eigenvalue weighted by Gasteiger charge is 2.28. The van der Waals surface area contributed by atoms with E-state index >= 15 is 0 Å². The van der Waals surface area contributed by atoms with Crippen molar-refractivity contribution >= 4 is 23.5 Å². The Kier molecular flexibility index (Phi) is 6.10. The Morgan fingerprint density at radius 3 is 2.90 bits per heavy atom. The lowest BCUT2D eigenvalue weighted by molar-refractivity contribution is -0.129. The van der Waals surface area contributed by atoms with E-state index in [2.05, 4.69) is 20.6 Å². The minimum Gasteiger partial charge on any atom is -0.464 e. The van der Waals surface area contributed by atoms with Gasteiger partial charge in [-0.3, -0.25) is 4.79 Å². The largest absolute Gasteiger partial charge is 0.464 e. The van der Waals surface area contributed by atoms with E-state index in [-0.39, 0.29) is 23.5 Å². The predicted octanol–water partition coefficient (Wildman–Crippen LogP) is 2.87. The molecule has 0 radical (unpaired) electrons. The number of ether oxygens (including phenoxy) is 2. The second kappa shape index (κ2) is 8.92. The molecular formula is C20H22ClFN4O3. The number of nitrogens with zero attached hydrogens (tertiary/aromatic N) is 2. The van der Waals surface area contributed by atoms with Gasteiger partial charge in [0.15, 0.2) is 6.10 Å². The number of fused-ring (bicyclic) bond motifs is 1. The summed E-state index contributed by atoms with van der Waals surface area (Å²) in [5.74, 6) is 0.151. The van der Waals surface area contributed by atoms with Crippen molar-refractivity contribution in [2.24, 2.45) is 0 Å². The summed E-state index contributed by atoms with van der Waals surface area (Å²) < 4.78 is 24.7. The second-order valence-electron chi connectivity index (χ2n) is 7.17. The summed E-state index contributed by atoms with van der Waals surface area (Å²) >= 11 is 5.68. The molecule has 1 unspecified atom stereocenters. The van der Waals surface area contributed by atoms with E-state index in [4.69, 9.17) is 21.1 Å². The number of halogens is 2.